The summed E-state index contributed by atoms with van der Waals surface area (Å²) in [6.07, 6.45) is 5.95. The van der Waals surface area contributed by atoms with Gasteiger partial charge in [-0.15, -0.1) is 0 Å². The van der Waals surface area contributed by atoms with Crippen LogP contribution in [0.3, 0.4) is 0 Å². The molecule has 1 saturated carbocycles. The largest absolute Gasteiger partial charge is 0.393 e. The van der Waals surface area contributed by atoms with Crippen molar-refractivity contribution in [1.82, 2.24) is 19.9 Å². The van der Waals surface area contributed by atoms with Crippen molar-refractivity contribution in [3.63, 3.8) is 0 Å². The van der Waals surface area contributed by atoms with Crippen LogP contribution in [-0.2, 0) is 0 Å². The molecule has 3 heterocycles. The number of aliphatic hydroxyl groups excluding tert-OH is 1. The molecule has 2 fully saturated rings. The van der Waals surface area contributed by atoms with Crippen LogP contribution in [0.4, 0.5) is 19.4 Å². The van der Waals surface area contributed by atoms with Crippen molar-refractivity contribution in [2.24, 2.45) is 0 Å². The highest BCUT2D eigenvalue weighted by atomic mass is 32.5. The third-order valence-electron chi connectivity index (χ3n) is 7.29. The fourth-order valence-electron chi connectivity index (χ4n) is 5.25. The molecule has 1 amide bonds. The van der Waals surface area contributed by atoms with Gasteiger partial charge in [-0.3, -0.25) is 4.79 Å². The van der Waals surface area contributed by atoms with Crippen LogP contribution in [-0.4, -0.2) is 50.1 Å². The van der Waals surface area contributed by atoms with Gasteiger partial charge < -0.3 is 15.0 Å². The Hall–Kier alpha value is -2.73. The van der Waals surface area contributed by atoms with Crippen LogP contribution in [0.25, 0.3) is 11.2 Å². The van der Waals surface area contributed by atoms with E-state index in [1.54, 1.807) is 6.20 Å². The van der Waals surface area contributed by atoms with Crippen LogP contribution in [0.1, 0.15) is 72.1 Å². The van der Waals surface area contributed by atoms with Gasteiger partial charge in [-0.25, -0.2) is 9.97 Å². The molecule has 1 saturated heterocycles. The topological polar surface area (TPSA) is 82.1 Å². The summed E-state index contributed by atoms with van der Waals surface area (Å²) < 4.78 is 64.8. The first-order valence-corrected chi connectivity index (χ1v) is 13.9. The molecule has 0 bridgehead atoms. The number of H-pyrrole nitrogens is 1. The van der Waals surface area contributed by atoms with E-state index in [0.29, 0.717) is 31.6 Å². The van der Waals surface area contributed by atoms with Crippen LogP contribution >= 0.6 is 10.2 Å². The van der Waals surface area contributed by atoms with Gasteiger partial charge in [0.05, 0.1) is 6.10 Å². The molecule has 2 N–H and O–H groups in total. The number of likely N-dealkylation sites (tertiary alicyclic amines) is 1. The zero-order valence-electron chi connectivity index (χ0n) is 19.3. The van der Waals surface area contributed by atoms with Gasteiger partial charge in [-0.1, -0.05) is 19.4 Å². The number of pyridine rings is 1. The molecule has 1 aliphatic heterocycles. The summed E-state index contributed by atoms with van der Waals surface area (Å²) >= 11 is 0. The average Bonchev–Trinajstić information content (AvgIpc) is 3.27. The van der Waals surface area contributed by atoms with E-state index in [-0.39, 0.29) is 35.6 Å². The van der Waals surface area contributed by atoms with Gasteiger partial charge in [-0.05, 0) is 80.3 Å². The molecule has 6 nitrogen and oxygen atoms in total. The van der Waals surface area contributed by atoms with E-state index in [1.165, 1.54) is 4.90 Å². The molecule has 196 valence electrons. The molecule has 0 atom stereocenters. The van der Waals surface area contributed by atoms with Crippen LogP contribution in [0.15, 0.2) is 41.4 Å². The van der Waals surface area contributed by atoms with Crippen molar-refractivity contribution in [3.8, 4) is 0 Å². The third-order valence-corrected chi connectivity index (χ3v) is 8.45. The van der Waals surface area contributed by atoms with Crippen molar-refractivity contribution in [2.75, 3.05) is 13.1 Å². The SMILES string of the molecule is O=C(c1ccc(S(F)(F)(F)(F)F)cc1)N1CCC(c2ccnc3[nH]c([C@H]4CC[C@H](O)CC4)nc23)CC1. The summed E-state index contributed by atoms with van der Waals surface area (Å²) in [6, 6.07) is 4.10. The van der Waals surface area contributed by atoms with Gasteiger partial charge in [0.25, 0.3) is 5.91 Å². The molecule has 5 rings (SSSR count). The summed E-state index contributed by atoms with van der Waals surface area (Å²) in [7, 11) is -9.77. The zero-order chi connectivity index (χ0) is 25.8. The number of nitrogens with zero attached hydrogens (tertiary/aromatic N) is 3. The summed E-state index contributed by atoms with van der Waals surface area (Å²) in [5.74, 6) is 0.767. The number of halogens is 5. The maximum atomic E-state index is 13.0. The second kappa shape index (κ2) is 8.14. The predicted octanol–water partition coefficient (Wildman–Crippen LogP) is 6.65. The highest BCUT2D eigenvalue weighted by Crippen LogP contribution is 3.02. The molecule has 1 aliphatic carbocycles. The van der Waals surface area contributed by atoms with Crippen LogP contribution in [0.5, 0.6) is 0 Å². The van der Waals surface area contributed by atoms with Crippen molar-refractivity contribution < 1.29 is 29.3 Å². The number of amides is 1. The second-order valence-corrected chi connectivity index (χ2v) is 12.2. The van der Waals surface area contributed by atoms with Crippen LogP contribution < -0.4 is 0 Å². The Balaban J connectivity index is 1.27. The molecule has 36 heavy (non-hydrogen) atoms. The number of carbonyl (C=O) groups excluding carboxylic acids is 1. The molecular weight excluding hydrogens is 503 g/mol. The number of fused-ring (bicyclic) bond motifs is 1. The lowest BCUT2D eigenvalue weighted by Crippen LogP contribution is -2.38. The number of rotatable bonds is 4. The van der Waals surface area contributed by atoms with Crippen LogP contribution in [0.2, 0.25) is 0 Å². The molecular formula is C24H27F5N4O2S. The van der Waals surface area contributed by atoms with Gasteiger partial charge in [0.2, 0.25) is 0 Å². The van der Waals surface area contributed by atoms with Gasteiger partial charge in [0.15, 0.2) is 5.65 Å². The summed E-state index contributed by atoms with van der Waals surface area (Å²) in [4.78, 5) is 24.9. The number of aromatic amines is 1. The van der Waals surface area contributed by atoms with E-state index in [1.807, 2.05) is 6.07 Å². The zero-order valence-corrected chi connectivity index (χ0v) is 20.2. The highest BCUT2D eigenvalue weighted by Gasteiger charge is 2.65. The predicted molar refractivity (Wildman–Crippen MR) is 127 cm³/mol. The first-order chi connectivity index (χ1) is 16.8. The summed E-state index contributed by atoms with van der Waals surface area (Å²) in [5, 5.41) is 9.78. The Morgan fingerprint density at radius 1 is 0.917 bits per heavy atom. The summed E-state index contributed by atoms with van der Waals surface area (Å²) in [6.45, 7) is 0.767. The molecule has 2 aromatic heterocycles. The number of aromatic nitrogens is 3. The Bertz CT molecular complexity index is 1280. The fourth-order valence-corrected chi connectivity index (χ4v) is 5.90. The Morgan fingerprint density at radius 2 is 1.56 bits per heavy atom. The molecule has 1 aromatic carbocycles. The number of carbonyl (C=O) groups is 1. The minimum Gasteiger partial charge on any atom is -0.393 e. The lowest BCUT2D eigenvalue weighted by molar-refractivity contribution is 0.0713. The first kappa shape index (κ1) is 24.9. The lowest BCUT2D eigenvalue weighted by atomic mass is 9.87. The number of imidazole rings is 1. The molecule has 0 unspecified atom stereocenters. The normalized spacial score (nSPS) is 23.9. The molecule has 12 heteroatoms. The quantitative estimate of drug-likeness (QED) is 0.370. The summed E-state index contributed by atoms with van der Waals surface area (Å²) in [5.41, 5.74) is 2.48. The maximum Gasteiger partial charge on any atom is 0.310 e. The Labute approximate surface area is 204 Å². The van der Waals surface area contributed by atoms with E-state index in [0.717, 1.165) is 54.7 Å². The number of benzene rings is 1. The molecule has 3 aromatic rings. The Morgan fingerprint density at radius 3 is 2.17 bits per heavy atom. The standard InChI is InChI=1S/C24H27F5N4O2S/c25-36(26,27,28,29)19-7-3-17(4-8-19)24(35)33-13-10-15(11-14-33)20-9-12-30-23-21(20)31-22(32-23)16-1-5-18(34)6-2-16/h3-4,7-9,12,15-16,18,34H,1-2,5-6,10-11,13-14H2,(H,30,31,32)/t16-,18-. The van der Waals surface area contributed by atoms with Crippen LogP contribution in [0, 0.1) is 0 Å². The van der Waals surface area contributed by atoms with Crippen molar-refractivity contribution >= 4 is 27.3 Å². The van der Waals surface area contributed by atoms with Gasteiger partial charge in [-0.2, -0.15) is 0 Å². The van der Waals surface area contributed by atoms with E-state index in [4.69, 9.17) is 4.98 Å². The average molecular weight is 531 g/mol. The number of hydrogen-bond acceptors (Lipinski definition) is 4. The van der Waals surface area contributed by atoms with Crippen molar-refractivity contribution in [2.45, 2.75) is 61.4 Å². The molecule has 2 aliphatic rings. The number of hydrogen-bond donors (Lipinski definition) is 2. The van der Waals surface area contributed by atoms with Crippen molar-refractivity contribution in [1.29, 1.82) is 0 Å². The first-order valence-electron chi connectivity index (χ1n) is 11.9. The fraction of sp³-hybridized carbons (Fsp3) is 0.458. The Kier molecular flexibility index (Phi) is 5.64. The van der Waals surface area contributed by atoms with Gasteiger partial charge in [0.1, 0.15) is 16.2 Å². The van der Waals surface area contributed by atoms with E-state index >= 15 is 0 Å². The highest BCUT2D eigenvalue weighted by molar-refractivity contribution is 8.45. The smallest absolute Gasteiger partial charge is 0.310 e. The number of aliphatic hydroxyl groups is 1. The van der Waals surface area contributed by atoms with E-state index < -0.39 is 21.0 Å². The minimum absolute atomic E-state index is 0.0557. The third kappa shape index (κ3) is 5.06. The van der Waals surface area contributed by atoms with E-state index in [2.05, 4.69) is 9.97 Å². The monoisotopic (exact) mass is 530 g/mol. The van der Waals surface area contributed by atoms with E-state index in [9.17, 15) is 29.3 Å². The number of nitrogens with one attached hydrogen (secondary N) is 1. The minimum atomic E-state index is -9.77. The number of piperidine rings is 1. The molecule has 0 spiro atoms. The lowest BCUT2D eigenvalue weighted by Gasteiger charge is -2.40. The van der Waals surface area contributed by atoms with Gasteiger partial charge in [0, 0.05) is 30.8 Å². The molecule has 0 radical (unpaired) electrons. The van der Waals surface area contributed by atoms with Crippen molar-refractivity contribution in [3.05, 3.63) is 53.5 Å². The van der Waals surface area contributed by atoms with Gasteiger partial charge >= 0.3 is 10.2 Å². The second-order valence-electron chi connectivity index (χ2n) is 9.78. The maximum absolute atomic E-state index is 13.0.